The zero-order valence-corrected chi connectivity index (χ0v) is 10.7. The molecule has 0 radical (unpaired) electrons. The largest absolute Gasteiger partial charge is 0.383 e. The molecule has 1 heterocycles. The number of ether oxygens (including phenoxy) is 1. The maximum atomic E-state index is 4.98. The van der Waals surface area contributed by atoms with Crippen LogP contribution in [0, 0.1) is 5.92 Å². The molecular weight excluding hydrogens is 214 g/mol. The van der Waals surface area contributed by atoms with E-state index in [1.165, 1.54) is 25.7 Å². The van der Waals surface area contributed by atoms with Crippen molar-refractivity contribution in [2.45, 2.75) is 38.8 Å². The SMILES string of the molecule is COCCNCc1cn(CCCC2CC2)cn1. The molecule has 0 atom stereocenters. The molecule has 0 spiro atoms. The van der Waals surface area contributed by atoms with Crippen LogP contribution in [0.2, 0.25) is 0 Å². The van der Waals surface area contributed by atoms with Crippen molar-refractivity contribution in [3.8, 4) is 0 Å². The molecule has 0 aliphatic heterocycles. The third kappa shape index (κ3) is 4.88. The lowest BCUT2D eigenvalue weighted by Crippen LogP contribution is -2.18. The average molecular weight is 237 g/mol. The minimum atomic E-state index is 0.752. The molecule has 1 aromatic heterocycles. The van der Waals surface area contributed by atoms with Crippen LogP contribution < -0.4 is 5.32 Å². The number of rotatable bonds is 9. The Bertz CT molecular complexity index is 320. The molecular formula is C13H23N3O. The maximum absolute atomic E-state index is 4.98. The van der Waals surface area contributed by atoms with Gasteiger partial charge in [0.1, 0.15) is 0 Å². The molecule has 0 aromatic carbocycles. The summed E-state index contributed by atoms with van der Waals surface area (Å²) in [6, 6.07) is 0. The van der Waals surface area contributed by atoms with Crippen LogP contribution in [0.15, 0.2) is 12.5 Å². The minimum absolute atomic E-state index is 0.752. The molecule has 1 aliphatic carbocycles. The van der Waals surface area contributed by atoms with Crippen LogP contribution in [0.4, 0.5) is 0 Å². The molecule has 0 amide bonds. The summed E-state index contributed by atoms with van der Waals surface area (Å²) in [5.41, 5.74) is 1.12. The van der Waals surface area contributed by atoms with Gasteiger partial charge in [0.25, 0.3) is 0 Å². The molecule has 0 saturated heterocycles. The van der Waals surface area contributed by atoms with Gasteiger partial charge in [0.05, 0.1) is 18.6 Å². The van der Waals surface area contributed by atoms with E-state index in [4.69, 9.17) is 4.74 Å². The van der Waals surface area contributed by atoms with Crippen LogP contribution in [0.3, 0.4) is 0 Å². The monoisotopic (exact) mass is 237 g/mol. The summed E-state index contributed by atoms with van der Waals surface area (Å²) in [5.74, 6) is 1.04. The molecule has 0 bridgehead atoms. The summed E-state index contributed by atoms with van der Waals surface area (Å²) >= 11 is 0. The summed E-state index contributed by atoms with van der Waals surface area (Å²) in [7, 11) is 1.72. The van der Waals surface area contributed by atoms with Crippen molar-refractivity contribution in [2.75, 3.05) is 20.3 Å². The molecule has 1 aromatic rings. The van der Waals surface area contributed by atoms with E-state index in [2.05, 4.69) is 21.1 Å². The van der Waals surface area contributed by atoms with E-state index in [0.717, 1.165) is 37.9 Å². The fourth-order valence-corrected chi connectivity index (χ4v) is 1.98. The van der Waals surface area contributed by atoms with Crippen LogP contribution in [0.1, 0.15) is 31.4 Å². The quantitative estimate of drug-likeness (QED) is 0.666. The second-order valence-corrected chi connectivity index (χ2v) is 4.86. The van der Waals surface area contributed by atoms with Crippen LogP contribution in [-0.4, -0.2) is 29.8 Å². The van der Waals surface area contributed by atoms with Crippen LogP contribution in [0.5, 0.6) is 0 Å². The van der Waals surface area contributed by atoms with E-state index in [0.29, 0.717) is 0 Å². The second kappa shape index (κ2) is 6.77. The van der Waals surface area contributed by atoms with E-state index >= 15 is 0 Å². The second-order valence-electron chi connectivity index (χ2n) is 4.86. The molecule has 17 heavy (non-hydrogen) atoms. The molecule has 1 aliphatic rings. The van der Waals surface area contributed by atoms with Gasteiger partial charge in [-0.15, -0.1) is 0 Å². The highest BCUT2D eigenvalue weighted by molar-refractivity contribution is 4.96. The van der Waals surface area contributed by atoms with Crippen molar-refractivity contribution in [2.24, 2.45) is 5.92 Å². The van der Waals surface area contributed by atoms with Gasteiger partial charge in [-0.2, -0.15) is 0 Å². The Morgan fingerprint density at radius 2 is 2.41 bits per heavy atom. The fraction of sp³-hybridized carbons (Fsp3) is 0.769. The first-order valence-electron chi connectivity index (χ1n) is 6.59. The Balaban J connectivity index is 1.60. The summed E-state index contributed by atoms with van der Waals surface area (Å²) in [5, 5.41) is 3.30. The van der Waals surface area contributed by atoms with E-state index in [9.17, 15) is 0 Å². The number of aromatic nitrogens is 2. The summed E-state index contributed by atoms with van der Waals surface area (Å²) < 4.78 is 7.18. The third-order valence-corrected chi connectivity index (χ3v) is 3.20. The van der Waals surface area contributed by atoms with Crippen molar-refractivity contribution >= 4 is 0 Å². The van der Waals surface area contributed by atoms with Gasteiger partial charge in [-0.3, -0.25) is 0 Å². The summed E-state index contributed by atoms with van der Waals surface area (Å²) in [6.07, 6.45) is 9.68. The first-order valence-corrected chi connectivity index (χ1v) is 6.59. The lowest BCUT2D eigenvalue weighted by atomic mass is 10.2. The van der Waals surface area contributed by atoms with Gasteiger partial charge in [-0.1, -0.05) is 12.8 Å². The molecule has 0 unspecified atom stereocenters. The van der Waals surface area contributed by atoms with Crippen molar-refractivity contribution in [1.29, 1.82) is 0 Å². The zero-order valence-electron chi connectivity index (χ0n) is 10.7. The van der Waals surface area contributed by atoms with Crippen LogP contribution >= 0.6 is 0 Å². The predicted molar refractivity (Wildman–Crippen MR) is 67.8 cm³/mol. The first-order chi connectivity index (χ1) is 8.38. The topological polar surface area (TPSA) is 39.1 Å². The van der Waals surface area contributed by atoms with E-state index in [1.54, 1.807) is 7.11 Å². The smallest absolute Gasteiger partial charge is 0.0949 e. The number of hydrogen-bond acceptors (Lipinski definition) is 3. The Morgan fingerprint density at radius 1 is 1.53 bits per heavy atom. The Kier molecular flexibility index (Phi) is 5.01. The molecule has 96 valence electrons. The fourth-order valence-electron chi connectivity index (χ4n) is 1.98. The van der Waals surface area contributed by atoms with Crippen molar-refractivity contribution in [3.05, 3.63) is 18.2 Å². The number of nitrogens with one attached hydrogen (secondary N) is 1. The molecule has 4 heteroatoms. The molecule has 1 saturated carbocycles. The third-order valence-electron chi connectivity index (χ3n) is 3.20. The molecule has 1 fully saturated rings. The summed E-state index contributed by atoms with van der Waals surface area (Å²) in [6.45, 7) is 3.58. The van der Waals surface area contributed by atoms with Gasteiger partial charge >= 0.3 is 0 Å². The van der Waals surface area contributed by atoms with E-state index in [-0.39, 0.29) is 0 Å². The number of nitrogens with zero attached hydrogens (tertiary/aromatic N) is 2. The molecule has 4 nitrogen and oxygen atoms in total. The van der Waals surface area contributed by atoms with Crippen LogP contribution in [-0.2, 0) is 17.8 Å². The minimum Gasteiger partial charge on any atom is -0.383 e. The maximum Gasteiger partial charge on any atom is 0.0949 e. The van der Waals surface area contributed by atoms with Crippen molar-refractivity contribution < 1.29 is 4.74 Å². The van der Waals surface area contributed by atoms with Crippen LogP contribution in [0.25, 0.3) is 0 Å². The highest BCUT2D eigenvalue weighted by atomic mass is 16.5. The number of imidazole rings is 1. The van der Waals surface area contributed by atoms with Gasteiger partial charge in [-0.25, -0.2) is 4.98 Å². The molecule has 2 rings (SSSR count). The van der Waals surface area contributed by atoms with Gasteiger partial charge in [-0.05, 0) is 18.8 Å². The standard InChI is InChI=1S/C13H23N3O/c1-17-8-6-14-9-13-10-16(11-15-13)7-2-3-12-4-5-12/h10-12,14H,2-9H2,1H3. The normalized spacial score (nSPS) is 15.4. The number of aryl methyl sites for hydroxylation is 1. The van der Waals surface area contributed by atoms with Crippen molar-refractivity contribution in [1.82, 2.24) is 14.9 Å². The van der Waals surface area contributed by atoms with E-state index in [1.807, 2.05) is 6.33 Å². The van der Waals surface area contributed by atoms with E-state index < -0.39 is 0 Å². The number of hydrogen-bond donors (Lipinski definition) is 1. The summed E-state index contributed by atoms with van der Waals surface area (Å²) in [4.78, 5) is 4.39. The van der Waals surface area contributed by atoms with Crippen molar-refractivity contribution in [3.63, 3.8) is 0 Å². The lowest BCUT2D eigenvalue weighted by molar-refractivity contribution is 0.199. The molecule has 1 N–H and O–H groups in total. The number of methoxy groups -OCH3 is 1. The average Bonchev–Trinajstić information content (AvgIpc) is 3.04. The first kappa shape index (κ1) is 12.6. The Morgan fingerprint density at radius 3 is 3.18 bits per heavy atom. The highest BCUT2D eigenvalue weighted by Crippen LogP contribution is 2.33. The lowest BCUT2D eigenvalue weighted by Gasteiger charge is -2.01. The zero-order chi connectivity index (χ0) is 11.9. The van der Waals surface area contributed by atoms with Gasteiger partial charge in [0.15, 0.2) is 0 Å². The Labute approximate surface area is 103 Å². The Hall–Kier alpha value is -0.870. The van der Waals surface area contributed by atoms with Gasteiger partial charge in [0.2, 0.25) is 0 Å². The highest BCUT2D eigenvalue weighted by Gasteiger charge is 2.19. The van der Waals surface area contributed by atoms with Gasteiger partial charge < -0.3 is 14.6 Å². The van der Waals surface area contributed by atoms with Gasteiger partial charge in [0, 0.05) is 32.9 Å². The predicted octanol–water partition coefficient (Wildman–Crippen LogP) is 1.81.